The molecule has 0 aliphatic heterocycles. The number of phenolic OH excluding ortho intramolecular Hbond substituents is 1. The molecular weight excluding hydrogens is 434 g/mol. The van der Waals surface area contributed by atoms with E-state index in [9.17, 15) is 14.7 Å². The summed E-state index contributed by atoms with van der Waals surface area (Å²) in [6.07, 6.45) is 2.27. The van der Waals surface area contributed by atoms with E-state index >= 15 is 0 Å². The third-order valence-electron chi connectivity index (χ3n) is 5.62. The van der Waals surface area contributed by atoms with E-state index in [-0.39, 0.29) is 22.7 Å². The lowest BCUT2D eigenvalue weighted by atomic mass is 9.93. The molecule has 8 nitrogen and oxygen atoms in total. The summed E-state index contributed by atoms with van der Waals surface area (Å²) in [6.45, 7) is 5.98. The van der Waals surface area contributed by atoms with Crippen LogP contribution in [0.1, 0.15) is 48.2 Å². The summed E-state index contributed by atoms with van der Waals surface area (Å²) in [5, 5.41) is 19.6. The highest BCUT2D eigenvalue weighted by Gasteiger charge is 2.24. The number of hydrogen-bond donors (Lipinski definition) is 3. The minimum absolute atomic E-state index is 0.113. The van der Waals surface area contributed by atoms with Crippen LogP contribution in [0.4, 0.5) is 16.3 Å². The lowest BCUT2D eigenvalue weighted by Crippen LogP contribution is -2.19. The molecule has 3 N–H and O–H groups in total. The number of hydrogen-bond acceptors (Lipinski definition) is 6. The second kappa shape index (κ2) is 7.91. The van der Waals surface area contributed by atoms with Crippen molar-refractivity contribution in [2.45, 2.75) is 32.6 Å². The highest BCUT2D eigenvalue weighted by Crippen LogP contribution is 2.32. The number of aromatic hydroxyl groups is 1. The minimum atomic E-state index is -0.447. The molecule has 5 rings (SSSR count). The van der Waals surface area contributed by atoms with Crippen LogP contribution in [0.15, 0.2) is 63.0 Å². The maximum Gasteiger partial charge on any atom is 0.324 e. The lowest BCUT2D eigenvalue weighted by molar-refractivity contribution is 0.101. The average molecular weight is 457 g/mol. The molecule has 0 unspecified atom stereocenters. The van der Waals surface area contributed by atoms with Crippen LogP contribution in [0.3, 0.4) is 0 Å². The van der Waals surface area contributed by atoms with Crippen molar-refractivity contribution in [1.82, 2.24) is 5.16 Å². The smallest absolute Gasteiger partial charge is 0.324 e. The van der Waals surface area contributed by atoms with E-state index in [1.807, 2.05) is 32.9 Å². The number of phenols is 1. The van der Waals surface area contributed by atoms with E-state index in [0.29, 0.717) is 40.2 Å². The zero-order chi connectivity index (χ0) is 24.0. The normalized spacial score (nSPS) is 13.0. The highest BCUT2D eigenvalue weighted by atomic mass is 16.5. The number of ketones is 1. The van der Waals surface area contributed by atoms with Crippen LogP contribution in [0.2, 0.25) is 0 Å². The van der Waals surface area contributed by atoms with Gasteiger partial charge in [-0.05, 0) is 53.6 Å². The maximum atomic E-state index is 13.0. The van der Waals surface area contributed by atoms with Gasteiger partial charge in [0.15, 0.2) is 11.6 Å². The summed E-state index contributed by atoms with van der Waals surface area (Å²) in [5.74, 6) is 1.13. The standard InChI is InChI=1S/C26H23N3O5/c1-26(2,3)22-13-23(29-34-22)28-25(32)27-18-5-4-14-8-17(9-15(14)10-18)24(31)21-12-16-11-19(30)6-7-20(16)33-21/h4-7,9-13,30H,8H2,1-3H3,(H2,27,28,29,32). The van der Waals surface area contributed by atoms with Crippen molar-refractivity contribution < 1.29 is 23.6 Å². The lowest BCUT2D eigenvalue weighted by Gasteiger charge is -2.12. The van der Waals surface area contributed by atoms with Crippen LogP contribution in [-0.2, 0) is 11.8 Å². The van der Waals surface area contributed by atoms with Gasteiger partial charge in [-0.25, -0.2) is 4.79 Å². The first-order valence-electron chi connectivity index (χ1n) is 10.8. The number of furan rings is 1. The van der Waals surface area contributed by atoms with Crippen LogP contribution in [0.25, 0.3) is 17.0 Å². The predicted octanol–water partition coefficient (Wildman–Crippen LogP) is 5.89. The summed E-state index contributed by atoms with van der Waals surface area (Å²) in [6, 6.07) is 13.1. The summed E-state index contributed by atoms with van der Waals surface area (Å²) >= 11 is 0. The Hall–Kier alpha value is -4.33. The molecule has 0 saturated heterocycles. The summed E-state index contributed by atoms with van der Waals surface area (Å²) in [5.41, 5.74) is 3.34. The van der Waals surface area contributed by atoms with E-state index in [0.717, 1.165) is 11.1 Å². The Morgan fingerprint density at radius 3 is 2.62 bits per heavy atom. The topological polar surface area (TPSA) is 118 Å². The first kappa shape index (κ1) is 21.5. The molecule has 4 aromatic rings. The fraction of sp³-hybridized carbons (Fsp3) is 0.192. The summed E-state index contributed by atoms with van der Waals surface area (Å²) in [4.78, 5) is 25.4. The van der Waals surface area contributed by atoms with Gasteiger partial charge in [0.25, 0.3) is 0 Å². The van der Waals surface area contributed by atoms with Crippen molar-refractivity contribution in [3.05, 3.63) is 76.8 Å². The first-order chi connectivity index (χ1) is 16.2. The predicted molar refractivity (Wildman–Crippen MR) is 128 cm³/mol. The SMILES string of the molecule is CC(C)(C)c1cc(NC(=O)Nc2ccc3c(c2)C=C(C(=O)c2cc4cc(O)ccc4o2)C3)no1. The minimum Gasteiger partial charge on any atom is -0.508 e. The number of benzene rings is 2. The van der Waals surface area contributed by atoms with Gasteiger partial charge >= 0.3 is 6.03 Å². The third kappa shape index (κ3) is 4.17. The Morgan fingerprint density at radius 2 is 1.85 bits per heavy atom. The molecule has 34 heavy (non-hydrogen) atoms. The monoisotopic (exact) mass is 457 g/mol. The van der Waals surface area contributed by atoms with Gasteiger partial charge in [0, 0.05) is 34.5 Å². The number of allylic oxidation sites excluding steroid dienone is 1. The molecule has 172 valence electrons. The largest absolute Gasteiger partial charge is 0.508 e. The zero-order valence-corrected chi connectivity index (χ0v) is 18.9. The molecule has 2 aromatic carbocycles. The molecule has 2 aromatic heterocycles. The molecule has 2 amide bonds. The first-order valence-corrected chi connectivity index (χ1v) is 10.8. The van der Waals surface area contributed by atoms with E-state index in [1.54, 1.807) is 36.4 Å². The van der Waals surface area contributed by atoms with Gasteiger partial charge in [-0.3, -0.25) is 10.1 Å². The zero-order valence-electron chi connectivity index (χ0n) is 18.9. The van der Waals surface area contributed by atoms with E-state index < -0.39 is 6.03 Å². The molecule has 0 bridgehead atoms. The average Bonchev–Trinajstić information content (AvgIpc) is 3.49. The Kier molecular flexibility index (Phi) is 5.01. The Bertz CT molecular complexity index is 1470. The van der Waals surface area contributed by atoms with E-state index in [4.69, 9.17) is 8.94 Å². The summed E-state index contributed by atoms with van der Waals surface area (Å²) < 4.78 is 11.0. The molecule has 0 radical (unpaired) electrons. The number of aromatic nitrogens is 1. The number of nitrogens with zero attached hydrogens (tertiary/aromatic N) is 1. The van der Waals surface area contributed by atoms with Gasteiger partial charge in [0.1, 0.15) is 17.1 Å². The maximum absolute atomic E-state index is 13.0. The Labute approximate surface area is 195 Å². The number of urea groups is 1. The molecule has 2 heterocycles. The fourth-order valence-corrected chi connectivity index (χ4v) is 3.82. The van der Waals surface area contributed by atoms with Crippen LogP contribution in [0, 0.1) is 0 Å². The second-order valence-corrected chi connectivity index (χ2v) is 9.33. The van der Waals surface area contributed by atoms with E-state index in [1.165, 1.54) is 6.07 Å². The number of carbonyl (C=O) groups excluding carboxylic acids is 2. The molecule has 1 aliphatic rings. The van der Waals surface area contributed by atoms with Crippen molar-refractivity contribution in [3.8, 4) is 5.75 Å². The fourth-order valence-electron chi connectivity index (χ4n) is 3.82. The number of carbonyl (C=O) groups is 2. The van der Waals surface area contributed by atoms with Gasteiger partial charge in [-0.2, -0.15) is 0 Å². The molecular formula is C26H23N3O5. The Balaban J connectivity index is 1.29. The quantitative estimate of drug-likeness (QED) is 0.329. The number of amides is 2. The number of nitrogens with one attached hydrogen (secondary N) is 2. The molecule has 0 fully saturated rings. The van der Waals surface area contributed by atoms with Gasteiger partial charge in [-0.15, -0.1) is 0 Å². The number of anilines is 2. The number of fused-ring (bicyclic) bond motifs is 2. The molecule has 0 saturated carbocycles. The molecule has 1 aliphatic carbocycles. The van der Waals surface area contributed by atoms with Crippen LogP contribution in [0.5, 0.6) is 5.75 Å². The van der Waals surface area contributed by atoms with Crippen LogP contribution < -0.4 is 10.6 Å². The molecule has 8 heteroatoms. The molecule has 0 atom stereocenters. The Morgan fingerprint density at radius 1 is 1.03 bits per heavy atom. The van der Waals surface area contributed by atoms with Crippen molar-refractivity contribution >= 4 is 40.4 Å². The van der Waals surface area contributed by atoms with Crippen molar-refractivity contribution in [3.63, 3.8) is 0 Å². The highest BCUT2D eigenvalue weighted by molar-refractivity contribution is 6.12. The van der Waals surface area contributed by atoms with Crippen molar-refractivity contribution in [2.24, 2.45) is 0 Å². The van der Waals surface area contributed by atoms with Gasteiger partial charge in [0.05, 0.1) is 0 Å². The third-order valence-corrected chi connectivity index (χ3v) is 5.62. The summed E-state index contributed by atoms with van der Waals surface area (Å²) in [7, 11) is 0. The van der Waals surface area contributed by atoms with Gasteiger partial charge in [0.2, 0.25) is 5.78 Å². The number of rotatable bonds is 4. The van der Waals surface area contributed by atoms with Crippen molar-refractivity contribution in [2.75, 3.05) is 10.6 Å². The van der Waals surface area contributed by atoms with Crippen molar-refractivity contribution in [1.29, 1.82) is 0 Å². The second-order valence-electron chi connectivity index (χ2n) is 9.33. The van der Waals surface area contributed by atoms with Crippen LogP contribution in [-0.4, -0.2) is 22.1 Å². The van der Waals surface area contributed by atoms with E-state index in [2.05, 4.69) is 15.8 Å². The van der Waals surface area contributed by atoms with Gasteiger partial charge < -0.3 is 19.4 Å². The molecule has 0 spiro atoms. The van der Waals surface area contributed by atoms with Gasteiger partial charge in [-0.1, -0.05) is 32.0 Å². The van der Waals surface area contributed by atoms with Crippen LogP contribution >= 0.6 is 0 Å². The number of Topliss-reactive ketones (excluding diaryl/α,β-unsaturated/α-hetero) is 1.